The van der Waals surface area contributed by atoms with Crippen molar-refractivity contribution in [2.24, 2.45) is 13.0 Å². The zero-order chi connectivity index (χ0) is 32.1. The number of aromatic nitrogens is 3. The van der Waals surface area contributed by atoms with Crippen molar-refractivity contribution in [1.29, 1.82) is 0 Å². The minimum absolute atomic E-state index is 0.0169. The number of hydrogen-bond donors (Lipinski definition) is 2. The van der Waals surface area contributed by atoms with Crippen molar-refractivity contribution >= 4 is 21.8 Å². The number of rotatable bonds is 11. The van der Waals surface area contributed by atoms with Crippen molar-refractivity contribution in [3.63, 3.8) is 0 Å². The molecule has 9 nitrogen and oxygen atoms in total. The monoisotopic (exact) mass is 656 g/mol. The molecule has 1 aliphatic heterocycles. The molecule has 1 aliphatic rings. The van der Waals surface area contributed by atoms with Crippen molar-refractivity contribution in [1.82, 2.24) is 19.5 Å². The average Bonchev–Trinajstić information content (AvgIpc) is 3.51. The summed E-state index contributed by atoms with van der Waals surface area (Å²) in [6.45, 7) is 2.28. The molecule has 0 unspecified atom stereocenters. The number of aliphatic hydroxyl groups is 1. The Morgan fingerprint density at radius 1 is 0.870 bits per heavy atom. The van der Waals surface area contributed by atoms with Crippen molar-refractivity contribution in [2.45, 2.75) is 48.6 Å². The molecule has 1 fully saturated rings. The molecule has 4 aromatic carbocycles. The molecule has 46 heavy (non-hydrogen) atoms. The number of aliphatic hydroxyl groups excluding tert-OH is 1. The van der Waals surface area contributed by atoms with E-state index < -0.39 is 16.3 Å². The van der Waals surface area contributed by atoms with Gasteiger partial charge in [0.1, 0.15) is 6.33 Å². The second-order valence-corrected chi connectivity index (χ2v) is 14.1. The predicted octanol–water partition coefficient (Wildman–Crippen LogP) is 6.04. The fourth-order valence-corrected chi connectivity index (χ4v) is 7.55. The quantitative estimate of drug-likeness (QED) is 0.166. The highest BCUT2D eigenvalue weighted by Gasteiger charge is 2.38. The van der Waals surface area contributed by atoms with Crippen LogP contribution in [-0.2, 0) is 39.7 Å². The minimum Gasteiger partial charge on any atom is -0.392 e. The second-order valence-electron chi connectivity index (χ2n) is 11.3. The van der Waals surface area contributed by atoms with Gasteiger partial charge in [-0.3, -0.25) is 0 Å². The van der Waals surface area contributed by atoms with E-state index in [1.54, 1.807) is 48.4 Å². The third kappa shape index (κ3) is 7.41. The molecule has 6 rings (SSSR count). The number of hydrogen-bond acceptors (Lipinski definition) is 8. The van der Waals surface area contributed by atoms with Crippen LogP contribution in [-0.4, -0.2) is 40.1 Å². The van der Waals surface area contributed by atoms with Gasteiger partial charge in [0.15, 0.2) is 11.4 Å². The SMILES string of the molecule is C[C@@H]1[C@H](CSc2nncn2C)O[C@H](c2cccc(-c3cccc(CNS(=O)(=O)c4ccccc4)c3)c2)O[C@@H]1c1ccc(CO)cc1. The lowest BCUT2D eigenvalue weighted by Crippen LogP contribution is -2.38. The van der Waals surface area contributed by atoms with Gasteiger partial charge < -0.3 is 19.1 Å². The molecule has 1 aromatic heterocycles. The maximum atomic E-state index is 12.8. The Kier molecular flexibility index (Phi) is 9.98. The summed E-state index contributed by atoms with van der Waals surface area (Å²) in [4.78, 5) is 0.233. The van der Waals surface area contributed by atoms with Crippen molar-refractivity contribution in [2.75, 3.05) is 5.75 Å². The molecule has 1 saturated heterocycles. The highest BCUT2D eigenvalue weighted by atomic mass is 32.2. The minimum atomic E-state index is -3.63. The lowest BCUT2D eigenvalue weighted by atomic mass is 9.91. The number of sulfonamides is 1. The van der Waals surface area contributed by atoms with Gasteiger partial charge in [0.2, 0.25) is 10.0 Å². The number of ether oxygens (including phenoxy) is 2. The van der Waals surface area contributed by atoms with Crippen LogP contribution in [0.5, 0.6) is 0 Å². The summed E-state index contributed by atoms with van der Waals surface area (Å²) in [6.07, 6.45) is 0.683. The first-order valence-corrected chi connectivity index (χ1v) is 17.5. The summed E-state index contributed by atoms with van der Waals surface area (Å²) in [6, 6.07) is 32.1. The number of nitrogens with zero attached hydrogens (tertiary/aromatic N) is 3. The molecular weight excluding hydrogens is 621 g/mol. The Labute approximate surface area is 273 Å². The molecule has 2 N–H and O–H groups in total. The van der Waals surface area contributed by atoms with Crippen LogP contribution < -0.4 is 4.72 Å². The summed E-state index contributed by atoms with van der Waals surface area (Å²) in [5.41, 5.74) is 5.50. The summed E-state index contributed by atoms with van der Waals surface area (Å²) in [5.74, 6) is 0.704. The molecule has 2 heterocycles. The number of aryl methyl sites for hydroxylation is 1. The van der Waals surface area contributed by atoms with Crippen molar-refractivity contribution in [3.05, 3.63) is 132 Å². The lowest BCUT2D eigenvalue weighted by Gasteiger charge is -2.41. The van der Waals surface area contributed by atoms with Crippen LogP contribution >= 0.6 is 11.8 Å². The number of benzene rings is 4. The van der Waals surface area contributed by atoms with Crippen molar-refractivity contribution < 1.29 is 23.0 Å². The summed E-state index contributed by atoms with van der Waals surface area (Å²) >= 11 is 1.60. The van der Waals surface area contributed by atoms with Crippen LogP contribution in [0.25, 0.3) is 11.1 Å². The van der Waals surface area contributed by atoms with Gasteiger partial charge in [0.05, 0.1) is 23.7 Å². The van der Waals surface area contributed by atoms with Crippen LogP contribution in [0.3, 0.4) is 0 Å². The van der Waals surface area contributed by atoms with Crippen LogP contribution in [0.2, 0.25) is 0 Å². The highest BCUT2D eigenvalue weighted by molar-refractivity contribution is 7.99. The molecule has 0 saturated carbocycles. The molecule has 0 radical (unpaired) electrons. The van der Waals surface area contributed by atoms with Crippen LogP contribution in [0.4, 0.5) is 0 Å². The third-order valence-electron chi connectivity index (χ3n) is 8.11. The molecule has 0 spiro atoms. The maximum Gasteiger partial charge on any atom is 0.240 e. The van der Waals surface area contributed by atoms with Gasteiger partial charge in [-0.05, 0) is 52.1 Å². The van der Waals surface area contributed by atoms with Gasteiger partial charge in [0.25, 0.3) is 0 Å². The first-order chi connectivity index (χ1) is 22.3. The molecule has 238 valence electrons. The van der Waals surface area contributed by atoms with E-state index in [0.29, 0.717) is 5.75 Å². The van der Waals surface area contributed by atoms with E-state index in [9.17, 15) is 13.5 Å². The predicted molar refractivity (Wildman–Crippen MR) is 177 cm³/mol. The fraction of sp³-hybridized carbons (Fsp3) is 0.257. The lowest BCUT2D eigenvalue weighted by molar-refractivity contribution is -0.268. The van der Waals surface area contributed by atoms with E-state index in [1.807, 2.05) is 78.3 Å². The van der Waals surface area contributed by atoms with Crippen LogP contribution in [0, 0.1) is 5.92 Å². The number of thioether (sulfide) groups is 1. The zero-order valence-electron chi connectivity index (χ0n) is 25.6. The van der Waals surface area contributed by atoms with Gasteiger partial charge in [-0.2, -0.15) is 0 Å². The van der Waals surface area contributed by atoms with Crippen LogP contribution in [0.15, 0.2) is 120 Å². The second kappa shape index (κ2) is 14.3. The van der Waals surface area contributed by atoms with Gasteiger partial charge in [-0.25, -0.2) is 13.1 Å². The van der Waals surface area contributed by atoms with Crippen molar-refractivity contribution in [3.8, 4) is 11.1 Å². The largest absolute Gasteiger partial charge is 0.392 e. The standard InChI is InChI=1S/C35H36N4O5S2/c1-24-32(22-45-35-38-36-23-39(35)2)43-34(44-33(24)27-16-14-25(21-40)15-17-27)30-11-7-10-29(19-30)28-9-6-8-26(18-28)20-37-46(41,42)31-12-4-3-5-13-31/h3-19,23-24,32-34,37,40H,20-22H2,1-2H3/t24-,32+,33+,34+/m1/s1. The van der Waals surface area contributed by atoms with E-state index >= 15 is 0 Å². The average molecular weight is 657 g/mol. The summed E-state index contributed by atoms with van der Waals surface area (Å²) in [5, 5.41) is 18.6. The smallest absolute Gasteiger partial charge is 0.240 e. The van der Waals surface area contributed by atoms with E-state index in [0.717, 1.165) is 38.5 Å². The Bertz CT molecular complexity index is 1870. The molecule has 5 aromatic rings. The maximum absolute atomic E-state index is 12.8. The molecule has 4 atom stereocenters. The molecule has 11 heteroatoms. The molecule has 0 aliphatic carbocycles. The topological polar surface area (TPSA) is 116 Å². The van der Waals surface area contributed by atoms with Crippen LogP contribution in [0.1, 0.15) is 41.6 Å². The van der Waals surface area contributed by atoms with Gasteiger partial charge in [0, 0.05) is 30.8 Å². The van der Waals surface area contributed by atoms with E-state index in [-0.39, 0.29) is 36.2 Å². The van der Waals surface area contributed by atoms with E-state index in [1.165, 1.54) is 0 Å². The van der Waals surface area contributed by atoms with Gasteiger partial charge in [-0.1, -0.05) is 97.5 Å². The summed E-state index contributed by atoms with van der Waals surface area (Å²) in [7, 11) is -1.71. The summed E-state index contributed by atoms with van der Waals surface area (Å²) < 4.78 is 43.4. The molecule has 0 bridgehead atoms. The van der Waals surface area contributed by atoms with Gasteiger partial charge in [-0.15, -0.1) is 10.2 Å². The third-order valence-corrected chi connectivity index (χ3v) is 10.6. The van der Waals surface area contributed by atoms with E-state index in [2.05, 4.69) is 27.9 Å². The Morgan fingerprint density at radius 2 is 1.61 bits per heavy atom. The molecule has 0 amide bonds. The number of nitrogens with one attached hydrogen (secondary N) is 1. The first kappa shape index (κ1) is 32.1. The van der Waals surface area contributed by atoms with E-state index in [4.69, 9.17) is 9.47 Å². The Morgan fingerprint density at radius 3 is 2.33 bits per heavy atom. The molecular formula is C35H36N4O5S2. The first-order valence-electron chi connectivity index (χ1n) is 15.0. The van der Waals surface area contributed by atoms with Gasteiger partial charge >= 0.3 is 0 Å². The normalized spacial score (nSPS) is 20.1. The zero-order valence-corrected chi connectivity index (χ0v) is 27.2. The highest BCUT2D eigenvalue weighted by Crippen LogP contribution is 2.43. The fourth-order valence-electron chi connectivity index (χ4n) is 5.46. The Balaban J connectivity index is 1.23. The Hall–Kier alpha value is -3.84.